The standard InChI is InChI=1S/C9H10.C7H14.C2H6/c1-3-7-4-8-5-9(8)6(7)2;1-7-5-3-2-4-6-7;1-2/h4-5H,3H2,1-2H3;7H,2-6H2,1H3;1-2H3. The van der Waals surface area contributed by atoms with Gasteiger partial charge in [-0.15, -0.1) is 0 Å². The van der Waals surface area contributed by atoms with E-state index in [-0.39, 0.29) is 0 Å². The summed E-state index contributed by atoms with van der Waals surface area (Å²) in [5.74, 6) is 1.04. The van der Waals surface area contributed by atoms with Crippen LogP contribution in [0.5, 0.6) is 0 Å². The van der Waals surface area contributed by atoms with E-state index in [1.807, 2.05) is 13.8 Å². The molecule has 1 saturated carbocycles. The van der Waals surface area contributed by atoms with E-state index in [1.54, 1.807) is 0 Å². The average molecular weight is 246 g/mol. The minimum Gasteiger partial charge on any atom is -0.0683 e. The summed E-state index contributed by atoms with van der Waals surface area (Å²) in [6.07, 6.45) is 8.62. The van der Waals surface area contributed by atoms with Crippen molar-refractivity contribution in [2.75, 3.05) is 0 Å². The molecule has 0 aromatic carbocycles. The molecule has 0 heteroatoms. The van der Waals surface area contributed by atoms with Crippen LogP contribution in [0.2, 0.25) is 0 Å². The fourth-order valence-corrected chi connectivity index (χ4v) is 2.71. The van der Waals surface area contributed by atoms with Crippen molar-refractivity contribution in [1.82, 2.24) is 0 Å². The van der Waals surface area contributed by atoms with E-state index in [9.17, 15) is 0 Å². The fourth-order valence-electron chi connectivity index (χ4n) is 2.71. The van der Waals surface area contributed by atoms with E-state index >= 15 is 0 Å². The Morgan fingerprint density at radius 2 is 1.67 bits per heavy atom. The summed E-state index contributed by atoms with van der Waals surface area (Å²) in [6.45, 7) is 10.8. The first-order valence-electron chi connectivity index (χ1n) is 7.86. The lowest BCUT2D eigenvalue weighted by Gasteiger charge is -2.15. The fraction of sp³-hybridized carbons (Fsp3) is 0.667. The zero-order valence-corrected chi connectivity index (χ0v) is 13.0. The number of aryl methyl sites for hydroxylation is 1. The Kier molecular flexibility index (Phi) is 6.46. The van der Waals surface area contributed by atoms with Gasteiger partial charge < -0.3 is 0 Å². The van der Waals surface area contributed by atoms with Crippen LogP contribution >= 0.6 is 0 Å². The second-order valence-corrected chi connectivity index (χ2v) is 5.40. The molecule has 0 radical (unpaired) electrons. The van der Waals surface area contributed by atoms with Crippen molar-refractivity contribution in [2.45, 2.75) is 73.1 Å². The number of hydrogen-bond acceptors (Lipinski definition) is 0. The molecule has 0 bridgehead atoms. The van der Waals surface area contributed by atoms with Gasteiger partial charge in [-0.05, 0) is 47.6 Å². The van der Waals surface area contributed by atoms with Gasteiger partial charge in [-0.1, -0.05) is 65.9 Å². The van der Waals surface area contributed by atoms with Crippen LogP contribution in [0.15, 0.2) is 12.1 Å². The SMILES string of the molecule is CC.CC1CCCCC1.CCc1cc2cc-2c1C. The molecule has 0 atom stereocenters. The quantitative estimate of drug-likeness (QED) is 0.566. The third-order valence-electron chi connectivity index (χ3n) is 4.02. The van der Waals surface area contributed by atoms with Crippen molar-refractivity contribution in [3.05, 3.63) is 23.3 Å². The van der Waals surface area contributed by atoms with E-state index in [1.165, 1.54) is 60.8 Å². The van der Waals surface area contributed by atoms with Gasteiger partial charge in [0.15, 0.2) is 0 Å². The minimum absolute atomic E-state index is 1.04. The van der Waals surface area contributed by atoms with Crippen LogP contribution in [-0.4, -0.2) is 0 Å². The van der Waals surface area contributed by atoms with Gasteiger partial charge in [-0.3, -0.25) is 0 Å². The van der Waals surface area contributed by atoms with Crippen LogP contribution in [0.3, 0.4) is 0 Å². The van der Waals surface area contributed by atoms with E-state index < -0.39 is 0 Å². The molecule has 18 heavy (non-hydrogen) atoms. The molecule has 3 aliphatic carbocycles. The maximum absolute atomic E-state index is 2.36. The monoisotopic (exact) mass is 246 g/mol. The van der Waals surface area contributed by atoms with Crippen molar-refractivity contribution in [2.24, 2.45) is 5.92 Å². The van der Waals surface area contributed by atoms with Gasteiger partial charge in [0.25, 0.3) is 0 Å². The molecule has 102 valence electrons. The summed E-state index contributed by atoms with van der Waals surface area (Å²) in [6, 6.07) is 4.54. The molecular formula is C18H30. The number of hydrogen-bond donors (Lipinski definition) is 0. The zero-order chi connectivity index (χ0) is 13.5. The van der Waals surface area contributed by atoms with Crippen LogP contribution < -0.4 is 0 Å². The predicted octanol–water partition coefficient (Wildman–Crippen LogP) is 6.15. The number of fused-ring (bicyclic) bond motifs is 1. The Balaban J connectivity index is 0.000000163. The molecule has 0 nitrogen and oxygen atoms in total. The average Bonchev–Trinajstić information content (AvgIpc) is 3.12. The maximum Gasteiger partial charge on any atom is -0.0145 e. The summed E-state index contributed by atoms with van der Waals surface area (Å²) >= 11 is 0. The normalized spacial score (nSPS) is 16.1. The minimum atomic E-state index is 1.04. The highest BCUT2D eigenvalue weighted by atomic mass is 14.2. The Hall–Kier alpha value is -0.780. The lowest BCUT2D eigenvalue weighted by molar-refractivity contribution is 0.385. The first kappa shape index (κ1) is 15.3. The second-order valence-electron chi connectivity index (χ2n) is 5.40. The van der Waals surface area contributed by atoms with E-state index in [4.69, 9.17) is 0 Å². The molecule has 0 saturated heterocycles. The molecule has 0 aliphatic heterocycles. The van der Waals surface area contributed by atoms with Crippen LogP contribution in [0.25, 0.3) is 11.1 Å². The van der Waals surface area contributed by atoms with Gasteiger partial charge in [-0.25, -0.2) is 0 Å². The summed E-state index contributed by atoms with van der Waals surface area (Å²) < 4.78 is 0. The molecule has 3 aliphatic rings. The zero-order valence-electron chi connectivity index (χ0n) is 13.0. The first-order chi connectivity index (χ1) is 8.72. The number of benzene rings is 1. The van der Waals surface area contributed by atoms with Gasteiger partial charge in [0, 0.05) is 0 Å². The highest BCUT2D eigenvalue weighted by Crippen LogP contribution is 2.40. The molecule has 1 fully saturated rings. The third-order valence-corrected chi connectivity index (χ3v) is 4.02. The molecule has 0 aromatic rings. The van der Waals surface area contributed by atoms with Crippen molar-refractivity contribution in [3.63, 3.8) is 0 Å². The van der Waals surface area contributed by atoms with Crippen molar-refractivity contribution < 1.29 is 0 Å². The van der Waals surface area contributed by atoms with Gasteiger partial charge in [0.2, 0.25) is 0 Å². The van der Waals surface area contributed by atoms with Crippen LogP contribution in [0, 0.1) is 12.8 Å². The third kappa shape index (κ3) is 4.15. The highest BCUT2D eigenvalue weighted by molar-refractivity contribution is 5.86. The molecular weight excluding hydrogens is 216 g/mol. The topological polar surface area (TPSA) is 0 Å². The summed E-state index contributed by atoms with van der Waals surface area (Å²) in [7, 11) is 0. The number of rotatable bonds is 1. The van der Waals surface area contributed by atoms with Crippen LogP contribution in [0.4, 0.5) is 0 Å². The first-order valence-corrected chi connectivity index (χ1v) is 7.86. The summed E-state index contributed by atoms with van der Waals surface area (Å²) in [4.78, 5) is 0. The molecule has 0 N–H and O–H groups in total. The van der Waals surface area contributed by atoms with Crippen molar-refractivity contribution in [3.8, 4) is 11.1 Å². The molecule has 0 amide bonds. The molecule has 3 rings (SSSR count). The Morgan fingerprint density at radius 1 is 1.06 bits per heavy atom. The molecule has 0 aromatic heterocycles. The smallest absolute Gasteiger partial charge is 0.0145 e. The van der Waals surface area contributed by atoms with E-state index in [0.717, 1.165) is 5.92 Å². The van der Waals surface area contributed by atoms with E-state index in [2.05, 4.69) is 32.9 Å². The Morgan fingerprint density at radius 3 is 1.94 bits per heavy atom. The van der Waals surface area contributed by atoms with E-state index in [0.29, 0.717) is 0 Å². The van der Waals surface area contributed by atoms with Gasteiger partial charge in [-0.2, -0.15) is 0 Å². The van der Waals surface area contributed by atoms with Crippen LogP contribution in [-0.2, 0) is 6.42 Å². The van der Waals surface area contributed by atoms with Crippen molar-refractivity contribution in [1.29, 1.82) is 0 Å². The van der Waals surface area contributed by atoms with Crippen molar-refractivity contribution >= 4 is 0 Å². The predicted molar refractivity (Wildman–Crippen MR) is 83.1 cm³/mol. The lowest BCUT2D eigenvalue weighted by atomic mass is 9.91. The van der Waals surface area contributed by atoms with Gasteiger partial charge >= 0.3 is 0 Å². The Bertz CT molecular complexity index is 357. The molecule has 0 unspecified atom stereocenters. The lowest BCUT2D eigenvalue weighted by Crippen LogP contribution is -1.99. The molecule has 0 spiro atoms. The highest BCUT2D eigenvalue weighted by Gasteiger charge is 2.17. The largest absolute Gasteiger partial charge is 0.0683 e. The summed E-state index contributed by atoms with van der Waals surface area (Å²) in [5, 5.41) is 0. The Labute approximate surface area is 114 Å². The second kappa shape index (κ2) is 7.61. The van der Waals surface area contributed by atoms with Gasteiger partial charge in [0.05, 0.1) is 0 Å². The maximum atomic E-state index is 2.36. The molecule has 0 heterocycles. The van der Waals surface area contributed by atoms with Crippen LogP contribution in [0.1, 0.15) is 70.9 Å². The van der Waals surface area contributed by atoms with Gasteiger partial charge in [0.1, 0.15) is 0 Å². The summed E-state index contributed by atoms with van der Waals surface area (Å²) in [5.41, 5.74) is 6.02.